The van der Waals surface area contributed by atoms with Gasteiger partial charge in [-0.25, -0.2) is 0 Å². The van der Waals surface area contributed by atoms with Crippen LogP contribution in [0.1, 0.15) is 193 Å². The van der Waals surface area contributed by atoms with Gasteiger partial charge in [-0.1, -0.05) is 169 Å². The molecule has 1 aromatic rings. The fourth-order valence-electron chi connectivity index (χ4n) is 5.71. The number of hydrogen-bond donors (Lipinski definition) is 0. The van der Waals surface area contributed by atoms with E-state index in [0.717, 1.165) is 6.42 Å². The van der Waals surface area contributed by atoms with E-state index in [4.69, 9.17) is 0 Å². The molecule has 0 nitrogen and oxygen atoms in total. The smallest absolute Gasteiger partial charge is 0.0344 e. The van der Waals surface area contributed by atoms with E-state index in [2.05, 4.69) is 75.1 Å². The van der Waals surface area contributed by atoms with Gasteiger partial charge in [0.25, 0.3) is 0 Å². The summed E-state index contributed by atoms with van der Waals surface area (Å²) in [7, 11) is 0. The number of benzene rings is 1. The molecule has 0 aliphatic heterocycles. The van der Waals surface area contributed by atoms with Gasteiger partial charge in [0.15, 0.2) is 0 Å². The Bertz CT molecular complexity index is 673. The quantitative estimate of drug-likeness (QED) is 0.0549. The molecule has 0 bridgehead atoms. The summed E-state index contributed by atoms with van der Waals surface area (Å²) in [5.41, 5.74) is 1.55. The van der Waals surface area contributed by atoms with Gasteiger partial charge in [-0.2, -0.15) is 0 Å². The molecule has 1 rings (SSSR count). The summed E-state index contributed by atoms with van der Waals surface area (Å²) in [6.45, 7) is 11.1. The van der Waals surface area contributed by atoms with E-state index in [1.54, 1.807) is 20.2 Å². The van der Waals surface area contributed by atoms with Crippen LogP contribution in [0.3, 0.4) is 0 Å². The Labute approximate surface area is 284 Å². The minimum Gasteiger partial charge on any atom is -0.125 e. The maximum absolute atomic E-state index is 4.14. The number of unbranched alkanes of at least 4 members (excludes halogenated alkanes) is 22. The highest BCUT2D eigenvalue weighted by molar-refractivity contribution is 8.03. The van der Waals surface area contributed by atoms with Crippen LogP contribution in [0, 0.1) is 6.92 Å². The summed E-state index contributed by atoms with van der Waals surface area (Å²) in [5, 5.41) is 0. The van der Waals surface area contributed by atoms with Crippen molar-refractivity contribution in [3.8, 4) is 0 Å². The van der Waals surface area contributed by atoms with Crippen LogP contribution in [0.4, 0.5) is 0 Å². The molecule has 0 saturated heterocycles. The van der Waals surface area contributed by atoms with E-state index in [1.165, 1.54) is 184 Å². The summed E-state index contributed by atoms with van der Waals surface area (Å²) in [6, 6.07) is 5.14. The van der Waals surface area contributed by atoms with Crippen LogP contribution in [-0.4, -0.2) is 17.3 Å². The molecule has 0 atom stereocenters. The Morgan fingerprint density at radius 2 is 0.744 bits per heavy atom. The minimum atomic E-state index is 1.04. The van der Waals surface area contributed by atoms with Crippen molar-refractivity contribution in [2.75, 3.05) is 17.3 Å². The normalized spacial score (nSPS) is 11.5. The first kappa shape index (κ1) is 41.3. The predicted octanol–water partition coefficient (Wildman–Crippen LogP) is 15.5. The standard InChI is InChI=1S/C40H73S3/c1-5-9-13-16-19-22-25-28-32-41-38-35-37(31-12-8-4)36-39(42-33-29-26-23-20-17-14-10-6-2)40(38)43-34-30-27-24-21-18-15-11-7-3/h35-36H,4-34H2,1-3H3. The second-order valence-electron chi connectivity index (χ2n) is 12.8. The second kappa shape index (κ2) is 32.2. The average molecular weight is 650 g/mol. The third-order valence-corrected chi connectivity index (χ3v) is 12.3. The third-order valence-electron chi connectivity index (χ3n) is 8.55. The van der Waals surface area contributed by atoms with Crippen molar-refractivity contribution < 1.29 is 0 Å². The van der Waals surface area contributed by atoms with Crippen molar-refractivity contribution in [2.45, 2.75) is 209 Å². The van der Waals surface area contributed by atoms with Crippen LogP contribution in [0.5, 0.6) is 0 Å². The maximum Gasteiger partial charge on any atom is 0.0344 e. The first-order chi connectivity index (χ1) is 21.3. The number of aryl methyl sites for hydroxylation is 1. The summed E-state index contributed by atoms with van der Waals surface area (Å²) in [5.74, 6) is 3.84. The monoisotopic (exact) mass is 649 g/mol. The maximum atomic E-state index is 4.14. The van der Waals surface area contributed by atoms with Crippen molar-refractivity contribution in [3.63, 3.8) is 0 Å². The van der Waals surface area contributed by atoms with Gasteiger partial charge in [-0.3, -0.25) is 0 Å². The molecule has 251 valence electrons. The molecule has 0 heterocycles. The van der Waals surface area contributed by atoms with Gasteiger partial charge in [-0.05, 0) is 67.1 Å². The molecular formula is C40H73S3. The van der Waals surface area contributed by atoms with Gasteiger partial charge in [-0.15, -0.1) is 35.3 Å². The zero-order valence-corrected chi connectivity index (χ0v) is 31.7. The molecule has 0 unspecified atom stereocenters. The summed E-state index contributed by atoms with van der Waals surface area (Å²) < 4.78 is 0. The highest BCUT2D eigenvalue weighted by Gasteiger charge is 2.14. The van der Waals surface area contributed by atoms with Gasteiger partial charge in [0, 0.05) is 14.7 Å². The molecule has 0 N–H and O–H groups in total. The van der Waals surface area contributed by atoms with Crippen LogP contribution < -0.4 is 0 Å². The molecule has 0 aromatic heterocycles. The number of rotatable bonds is 33. The van der Waals surface area contributed by atoms with Crippen LogP contribution >= 0.6 is 35.3 Å². The molecule has 1 radical (unpaired) electrons. The fourth-order valence-corrected chi connectivity index (χ4v) is 9.52. The van der Waals surface area contributed by atoms with Crippen molar-refractivity contribution in [1.82, 2.24) is 0 Å². The molecule has 0 saturated carbocycles. The predicted molar refractivity (Wildman–Crippen MR) is 205 cm³/mol. The largest absolute Gasteiger partial charge is 0.125 e. The molecule has 0 aliphatic carbocycles. The van der Waals surface area contributed by atoms with Crippen LogP contribution in [-0.2, 0) is 6.42 Å². The topological polar surface area (TPSA) is 0 Å². The van der Waals surface area contributed by atoms with Gasteiger partial charge in [0.2, 0.25) is 0 Å². The van der Waals surface area contributed by atoms with E-state index in [0.29, 0.717) is 0 Å². The molecule has 1 aromatic carbocycles. The number of thioether (sulfide) groups is 3. The average Bonchev–Trinajstić information content (AvgIpc) is 3.02. The molecule has 0 aliphatic rings. The lowest BCUT2D eigenvalue weighted by Crippen LogP contribution is -1.95. The van der Waals surface area contributed by atoms with Crippen LogP contribution in [0.15, 0.2) is 26.8 Å². The molecule has 43 heavy (non-hydrogen) atoms. The Kier molecular flexibility index (Phi) is 30.9. The highest BCUT2D eigenvalue weighted by atomic mass is 32.2. The van der Waals surface area contributed by atoms with E-state index in [-0.39, 0.29) is 0 Å². The Balaban J connectivity index is 2.71. The molecule has 0 amide bonds. The van der Waals surface area contributed by atoms with E-state index in [1.807, 2.05) is 0 Å². The third kappa shape index (κ3) is 24.2. The first-order valence-corrected chi connectivity index (χ1v) is 22.1. The summed E-state index contributed by atoms with van der Waals surface area (Å²) in [6.07, 6.45) is 37.2. The second-order valence-corrected chi connectivity index (χ2v) is 16.2. The fraction of sp³-hybridized carbons (Fsp3) is 0.825. The summed E-state index contributed by atoms with van der Waals surface area (Å²) >= 11 is 6.52. The van der Waals surface area contributed by atoms with Crippen molar-refractivity contribution >= 4 is 35.3 Å². The van der Waals surface area contributed by atoms with Gasteiger partial charge in [0.1, 0.15) is 0 Å². The highest BCUT2D eigenvalue weighted by Crippen LogP contribution is 2.41. The van der Waals surface area contributed by atoms with Crippen molar-refractivity contribution in [3.05, 3.63) is 24.6 Å². The Morgan fingerprint density at radius 1 is 0.419 bits per heavy atom. The van der Waals surface area contributed by atoms with E-state index < -0.39 is 0 Å². The molecular weight excluding hydrogens is 577 g/mol. The van der Waals surface area contributed by atoms with Gasteiger partial charge < -0.3 is 0 Å². The Morgan fingerprint density at radius 3 is 1.09 bits per heavy atom. The lowest BCUT2D eigenvalue weighted by atomic mass is 10.1. The summed E-state index contributed by atoms with van der Waals surface area (Å²) in [4.78, 5) is 4.80. The van der Waals surface area contributed by atoms with Gasteiger partial charge >= 0.3 is 0 Å². The Hall–Kier alpha value is 0.270. The number of hydrogen-bond acceptors (Lipinski definition) is 3. The van der Waals surface area contributed by atoms with Crippen molar-refractivity contribution in [1.29, 1.82) is 0 Å². The molecule has 3 heteroatoms. The van der Waals surface area contributed by atoms with Crippen LogP contribution in [0.25, 0.3) is 0 Å². The van der Waals surface area contributed by atoms with Crippen molar-refractivity contribution in [2.24, 2.45) is 0 Å². The van der Waals surface area contributed by atoms with Crippen LogP contribution in [0.2, 0.25) is 0 Å². The van der Waals surface area contributed by atoms with E-state index >= 15 is 0 Å². The van der Waals surface area contributed by atoms with Gasteiger partial charge in [0.05, 0.1) is 0 Å². The zero-order valence-electron chi connectivity index (χ0n) is 29.3. The minimum absolute atomic E-state index is 1.04. The lowest BCUT2D eigenvalue weighted by Gasteiger charge is -2.17. The molecule has 0 fully saturated rings. The molecule has 0 spiro atoms. The lowest BCUT2D eigenvalue weighted by molar-refractivity contribution is 0.586. The zero-order chi connectivity index (χ0) is 31.1. The first-order valence-electron chi connectivity index (χ1n) is 19.1. The van der Waals surface area contributed by atoms with E-state index in [9.17, 15) is 0 Å². The SMILES string of the molecule is [CH2]CCCc1cc(SCCCCCCCCCC)c(SCCCCCCCCCC)c(SCCCCCCCCCC)c1.